The van der Waals surface area contributed by atoms with Gasteiger partial charge in [0.15, 0.2) is 13.1 Å². The Labute approximate surface area is 189 Å². The first-order valence-electron chi connectivity index (χ1n) is 10.9. The lowest BCUT2D eigenvalue weighted by Crippen LogP contribution is -3.28. The van der Waals surface area contributed by atoms with Crippen LogP contribution in [-0.2, 0) is 9.59 Å². The summed E-state index contributed by atoms with van der Waals surface area (Å²) in [6.45, 7) is 10.4. The van der Waals surface area contributed by atoms with Crippen molar-refractivity contribution >= 4 is 29.1 Å². The minimum atomic E-state index is -0.124. The molecule has 1 aliphatic heterocycles. The van der Waals surface area contributed by atoms with E-state index >= 15 is 0 Å². The van der Waals surface area contributed by atoms with E-state index in [4.69, 9.17) is 11.6 Å². The molecule has 0 aromatic heterocycles. The highest BCUT2D eigenvalue weighted by Crippen LogP contribution is 2.22. The number of piperazine rings is 1. The number of hydrogen-bond donors (Lipinski definition) is 4. The molecule has 0 spiro atoms. The number of aryl methyl sites for hydroxylation is 2. The van der Waals surface area contributed by atoms with Crippen LogP contribution in [0.3, 0.4) is 0 Å². The summed E-state index contributed by atoms with van der Waals surface area (Å²) in [5, 5.41) is 6.79. The van der Waals surface area contributed by atoms with E-state index in [2.05, 4.69) is 10.6 Å². The molecule has 0 aliphatic carbocycles. The van der Waals surface area contributed by atoms with E-state index in [1.807, 2.05) is 63.2 Å². The summed E-state index contributed by atoms with van der Waals surface area (Å²) in [5.74, 6) is 0.0702. The molecule has 1 unspecified atom stereocenters. The Morgan fingerprint density at radius 2 is 1.45 bits per heavy atom. The van der Waals surface area contributed by atoms with Crippen molar-refractivity contribution in [1.82, 2.24) is 5.32 Å². The van der Waals surface area contributed by atoms with Crippen molar-refractivity contribution in [1.29, 1.82) is 0 Å². The third kappa shape index (κ3) is 6.53. The monoisotopic (exact) mass is 444 g/mol. The lowest BCUT2D eigenvalue weighted by Gasteiger charge is -2.29. The van der Waals surface area contributed by atoms with E-state index in [0.29, 0.717) is 18.1 Å². The zero-order valence-electron chi connectivity index (χ0n) is 18.6. The number of carbonyl (C=O) groups is 2. The van der Waals surface area contributed by atoms with Crippen LogP contribution in [0.25, 0.3) is 0 Å². The quantitative estimate of drug-likeness (QED) is 0.504. The van der Waals surface area contributed by atoms with Crippen LogP contribution < -0.4 is 20.4 Å². The van der Waals surface area contributed by atoms with Crippen molar-refractivity contribution in [2.24, 2.45) is 0 Å². The standard InChI is InChI=1S/C24H31ClN4O2/c1-17-7-6-8-18(2)24(17)27-23(31)16-29-13-11-28(12-14-29)15-22(30)26-19(3)20-9-4-5-10-21(20)25/h4-10,19H,11-16H2,1-3H3,(H,26,30)(H,27,31)/p+2. The van der Waals surface area contributed by atoms with Crippen molar-refractivity contribution in [3.05, 3.63) is 64.2 Å². The predicted molar refractivity (Wildman–Crippen MR) is 124 cm³/mol. The molecule has 1 fully saturated rings. The van der Waals surface area contributed by atoms with E-state index in [0.717, 1.165) is 48.6 Å². The zero-order valence-corrected chi connectivity index (χ0v) is 19.3. The summed E-state index contributed by atoms with van der Waals surface area (Å²) in [4.78, 5) is 27.5. The second-order valence-electron chi connectivity index (χ2n) is 8.48. The number of carbonyl (C=O) groups excluding carboxylic acids is 2. The molecule has 0 radical (unpaired) electrons. The van der Waals surface area contributed by atoms with Gasteiger partial charge in [0.05, 0.1) is 6.04 Å². The fourth-order valence-corrected chi connectivity index (χ4v) is 4.46. The molecule has 2 aromatic rings. The van der Waals surface area contributed by atoms with Gasteiger partial charge in [-0.1, -0.05) is 48.0 Å². The third-order valence-electron chi connectivity index (χ3n) is 5.98. The minimum Gasteiger partial charge on any atom is -0.345 e. The molecule has 1 atom stereocenters. The van der Waals surface area contributed by atoms with Crippen LogP contribution in [0.1, 0.15) is 29.7 Å². The van der Waals surface area contributed by atoms with Gasteiger partial charge in [-0.3, -0.25) is 9.59 Å². The van der Waals surface area contributed by atoms with Crippen molar-refractivity contribution in [2.75, 3.05) is 44.6 Å². The SMILES string of the molecule is Cc1cccc(C)c1NC(=O)C[NH+]1CC[NH+](CC(=O)NC(C)c2ccccc2Cl)CC1. The molecule has 1 heterocycles. The van der Waals surface area contributed by atoms with Crippen LogP contribution in [0, 0.1) is 13.8 Å². The summed E-state index contributed by atoms with van der Waals surface area (Å²) in [6.07, 6.45) is 0. The maximum atomic E-state index is 12.5. The number of para-hydroxylation sites is 1. The minimum absolute atomic E-state index is 0.0265. The van der Waals surface area contributed by atoms with Gasteiger partial charge in [-0.25, -0.2) is 0 Å². The maximum Gasteiger partial charge on any atom is 0.279 e. The molecule has 7 heteroatoms. The van der Waals surface area contributed by atoms with Crippen molar-refractivity contribution < 1.29 is 19.4 Å². The van der Waals surface area contributed by atoms with E-state index in [-0.39, 0.29) is 17.9 Å². The van der Waals surface area contributed by atoms with Crippen LogP contribution in [0.4, 0.5) is 5.69 Å². The van der Waals surface area contributed by atoms with E-state index < -0.39 is 0 Å². The number of quaternary nitrogens is 2. The summed E-state index contributed by atoms with van der Waals surface area (Å²) < 4.78 is 0. The van der Waals surface area contributed by atoms with E-state index in [9.17, 15) is 9.59 Å². The van der Waals surface area contributed by atoms with Gasteiger partial charge >= 0.3 is 0 Å². The normalized spacial score (nSPS) is 19.5. The topological polar surface area (TPSA) is 67.1 Å². The Hall–Kier alpha value is -2.41. The lowest BCUT2D eigenvalue weighted by molar-refractivity contribution is -1.00. The predicted octanol–water partition coefficient (Wildman–Crippen LogP) is 0.556. The van der Waals surface area contributed by atoms with Crippen LogP contribution in [0.15, 0.2) is 42.5 Å². The van der Waals surface area contributed by atoms with Gasteiger partial charge < -0.3 is 20.4 Å². The van der Waals surface area contributed by atoms with E-state index in [1.54, 1.807) is 0 Å². The molecular formula is C24H33ClN4O2+2. The van der Waals surface area contributed by atoms with Crippen LogP contribution in [0.5, 0.6) is 0 Å². The first kappa shape index (κ1) is 23.3. The number of rotatable bonds is 7. The van der Waals surface area contributed by atoms with Gasteiger partial charge in [-0.15, -0.1) is 0 Å². The smallest absolute Gasteiger partial charge is 0.279 e. The fraction of sp³-hybridized carbons (Fsp3) is 0.417. The van der Waals surface area contributed by atoms with E-state index in [1.165, 1.54) is 9.80 Å². The summed E-state index contributed by atoms with van der Waals surface area (Å²) in [6, 6.07) is 13.5. The second kappa shape index (κ2) is 10.8. The molecular weight excluding hydrogens is 412 g/mol. The largest absolute Gasteiger partial charge is 0.345 e. The number of halogens is 1. The number of amides is 2. The summed E-state index contributed by atoms with van der Waals surface area (Å²) in [5.41, 5.74) is 4.00. The molecule has 6 nitrogen and oxygen atoms in total. The van der Waals surface area contributed by atoms with Crippen LogP contribution in [-0.4, -0.2) is 51.1 Å². The highest BCUT2D eigenvalue weighted by atomic mass is 35.5. The van der Waals surface area contributed by atoms with Crippen molar-refractivity contribution in [3.8, 4) is 0 Å². The maximum absolute atomic E-state index is 12.5. The molecule has 2 aromatic carbocycles. The molecule has 0 bridgehead atoms. The fourth-order valence-electron chi connectivity index (χ4n) is 4.16. The Morgan fingerprint density at radius 1 is 0.903 bits per heavy atom. The Kier molecular flexibility index (Phi) is 8.07. The molecule has 0 saturated carbocycles. The third-order valence-corrected chi connectivity index (χ3v) is 6.32. The first-order chi connectivity index (χ1) is 14.8. The second-order valence-corrected chi connectivity index (χ2v) is 8.89. The molecule has 3 rings (SSSR count). The average Bonchev–Trinajstić information content (AvgIpc) is 2.72. The average molecular weight is 445 g/mol. The van der Waals surface area contributed by atoms with Gasteiger partial charge in [0.1, 0.15) is 26.2 Å². The number of nitrogens with one attached hydrogen (secondary N) is 4. The Morgan fingerprint density at radius 3 is 2.03 bits per heavy atom. The molecule has 166 valence electrons. The highest BCUT2D eigenvalue weighted by molar-refractivity contribution is 6.31. The molecule has 1 aliphatic rings. The molecule has 2 amide bonds. The Bertz CT molecular complexity index is 905. The Balaban J connectivity index is 1.41. The van der Waals surface area contributed by atoms with Gasteiger partial charge in [0, 0.05) is 10.7 Å². The lowest BCUT2D eigenvalue weighted by atomic mass is 10.1. The molecule has 1 saturated heterocycles. The summed E-state index contributed by atoms with van der Waals surface area (Å²) in [7, 11) is 0. The van der Waals surface area contributed by atoms with Crippen molar-refractivity contribution in [3.63, 3.8) is 0 Å². The highest BCUT2D eigenvalue weighted by Gasteiger charge is 2.27. The number of benzene rings is 2. The van der Waals surface area contributed by atoms with Crippen LogP contribution >= 0.6 is 11.6 Å². The van der Waals surface area contributed by atoms with Gasteiger partial charge in [-0.2, -0.15) is 0 Å². The zero-order chi connectivity index (χ0) is 22.4. The number of anilines is 1. The molecule has 4 N–H and O–H groups in total. The van der Waals surface area contributed by atoms with Gasteiger partial charge in [0.2, 0.25) is 0 Å². The summed E-state index contributed by atoms with van der Waals surface area (Å²) >= 11 is 6.23. The molecule has 31 heavy (non-hydrogen) atoms. The van der Waals surface area contributed by atoms with Gasteiger partial charge in [0.25, 0.3) is 11.8 Å². The van der Waals surface area contributed by atoms with Crippen molar-refractivity contribution in [2.45, 2.75) is 26.8 Å². The first-order valence-corrected chi connectivity index (χ1v) is 11.3. The van der Waals surface area contributed by atoms with Crippen LogP contribution in [0.2, 0.25) is 5.02 Å². The number of hydrogen-bond acceptors (Lipinski definition) is 2. The van der Waals surface area contributed by atoms with Gasteiger partial charge in [-0.05, 0) is 43.5 Å².